The number of hydrogen-bond acceptors (Lipinski definition) is 1. The van der Waals surface area contributed by atoms with Crippen molar-refractivity contribution in [1.82, 2.24) is 0 Å². The van der Waals surface area contributed by atoms with Crippen LogP contribution in [0, 0.1) is 22.9 Å². The van der Waals surface area contributed by atoms with E-state index < -0.39 is 16.1 Å². The van der Waals surface area contributed by atoms with Gasteiger partial charge in [-0.05, 0) is 71.3 Å². The molecule has 0 aliphatic carbocycles. The Labute approximate surface area is 240 Å². The van der Waals surface area contributed by atoms with Crippen molar-refractivity contribution in [3.63, 3.8) is 0 Å². The van der Waals surface area contributed by atoms with Crippen molar-refractivity contribution < 1.29 is 0 Å². The maximum atomic E-state index is 3.50. The van der Waals surface area contributed by atoms with E-state index in [1.807, 2.05) is 0 Å². The summed E-state index contributed by atoms with van der Waals surface area (Å²) in [6.07, 6.45) is 2.26. The molecule has 3 aromatic carbocycles. The van der Waals surface area contributed by atoms with Crippen LogP contribution in [-0.4, -0.2) is 16.1 Å². The molecule has 1 heterocycles. The molecule has 1 nitrogen and oxygen atoms in total. The normalized spacial score (nSPS) is 17.7. The lowest BCUT2D eigenvalue weighted by atomic mass is 9.87. The van der Waals surface area contributed by atoms with E-state index >= 15 is 0 Å². The molecular formula is C36H45NSi2. The maximum Gasteiger partial charge on any atom is 0.129 e. The third kappa shape index (κ3) is 7.79. The Bertz CT molecular complexity index is 1310. The van der Waals surface area contributed by atoms with E-state index in [1.165, 1.54) is 22.4 Å². The van der Waals surface area contributed by atoms with Crippen LogP contribution in [0.2, 0.25) is 39.3 Å². The molecule has 0 bridgehead atoms. The first kappa shape index (κ1) is 29.0. The lowest BCUT2D eigenvalue weighted by molar-refractivity contribution is 0.589. The highest BCUT2D eigenvalue weighted by atomic mass is 28.3. The monoisotopic (exact) mass is 547 g/mol. The van der Waals surface area contributed by atoms with Gasteiger partial charge >= 0.3 is 0 Å². The van der Waals surface area contributed by atoms with E-state index in [0.29, 0.717) is 12.1 Å². The summed E-state index contributed by atoms with van der Waals surface area (Å²) in [4.78, 5) is 2.65. The summed E-state index contributed by atoms with van der Waals surface area (Å²) in [5.41, 5.74) is 14.8. The molecule has 1 aliphatic rings. The Balaban J connectivity index is 1.68. The second-order valence-corrected chi connectivity index (χ2v) is 23.6. The van der Waals surface area contributed by atoms with Crippen molar-refractivity contribution in [3.8, 4) is 22.9 Å². The van der Waals surface area contributed by atoms with Crippen LogP contribution in [0.4, 0.5) is 5.69 Å². The first-order valence-corrected chi connectivity index (χ1v) is 21.3. The molecule has 1 fully saturated rings. The molecular weight excluding hydrogens is 503 g/mol. The molecule has 0 aromatic heterocycles. The predicted molar refractivity (Wildman–Crippen MR) is 176 cm³/mol. The van der Waals surface area contributed by atoms with E-state index in [4.69, 9.17) is 0 Å². The molecule has 3 heteroatoms. The fraction of sp³-hybridized carbons (Fsp3) is 0.389. The van der Waals surface area contributed by atoms with Gasteiger partial charge in [0.15, 0.2) is 0 Å². The summed E-state index contributed by atoms with van der Waals surface area (Å²) < 4.78 is 0. The third-order valence-corrected chi connectivity index (χ3v) is 8.92. The highest BCUT2D eigenvalue weighted by Crippen LogP contribution is 2.47. The predicted octanol–water partition coefficient (Wildman–Crippen LogP) is 9.52. The Hall–Kier alpha value is -2.99. The van der Waals surface area contributed by atoms with Crippen molar-refractivity contribution in [2.75, 3.05) is 4.90 Å². The van der Waals surface area contributed by atoms with Crippen LogP contribution in [0.3, 0.4) is 0 Å². The van der Waals surface area contributed by atoms with Gasteiger partial charge in [0.2, 0.25) is 0 Å². The fourth-order valence-corrected chi connectivity index (χ4v) is 6.09. The standard InChI is InChI=1S/C36H45NSi2/c1-36(2,3)32-18-20-33(21-19-32)37-34(30-14-10-28(11-15-30)24-26-38(4,5)6)22-23-35(37)31-16-12-29(13-17-31)25-27-39(7,8)9/h10-21,34-35H,22-23H2,1-9H3. The van der Waals surface area contributed by atoms with Gasteiger partial charge in [0.1, 0.15) is 16.1 Å². The Kier molecular flexibility index (Phi) is 8.37. The summed E-state index contributed by atoms with van der Waals surface area (Å²) in [5.74, 6) is 6.83. The van der Waals surface area contributed by atoms with Gasteiger partial charge in [-0.3, -0.25) is 0 Å². The molecule has 202 valence electrons. The van der Waals surface area contributed by atoms with Crippen LogP contribution in [0.5, 0.6) is 0 Å². The summed E-state index contributed by atoms with van der Waals surface area (Å²) in [6.45, 7) is 20.6. The van der Waals surface area contributed by atoms with Crippen molar-refractivity contribution >= 4 is 21.8 Å². The third-order valence-electron chi connectivity index (χ3n) is 7.17. The molecule has 4 rings (SSSR count). The van der Waals surface area contributed by atoms with Crippen molar-refractivity contribution in [2.45, 2.75) is 90.4 Å². The molecule has 2 atom stereocenters. The minimum atomic E-state index is -1.39. The topological polar surface area (TPSA) is 3.24 Å². The molecule has 0 N–H and O–H groups in total. The van der Waals surface area contributed by atoms with Gasteiger partial charge in [-0.15, -0.1) is 11.1 Å². The van der Waals surface area contributed by atoms with E-state index in [1.54, 1.807) is 0 Å². The van der Waals surface area contributed by atoms with E-state index in [0.717, 1.165) is 24.0 Å². The molecule has 0 spiro atoms. The number of rotatable bonds is 3. The average Bonchev–Trinajstić information content (AvgIpc) is 3.31. The highest BCUT2D eigenvalue weighted by Gasteiger charge is 2.35. The number of benzene rings is 3. The van der Waals surface area contributed by atoms with E-state index in [2.05, 4.69) is 161 Å². The van der Waals surface area contributed by atoms with Gasteiger partial charge in [-0.25, -0.2) is 0 Å². The van der Waals surface area contributed by atoms with Gasteiger partial charge in [0, 0.05) is 16.8 Å². The van der Waals surface area contributed by atoms with Crippen LogP contribution in [0.15, 0.2) is 72.8 Å². The maximum absolute atomic E-state index is 3.50. The number of anilines is 1. The van der Waals surface area contributed by atoms with Crippen LogP contribution in [0.1, 0.15) is 73.5 Å². The summed E-state index contributed by atoms with van der Waals surface area (Å²) in [7, 11) is -2.79. The quantitative estimate of drug-likeness (QED) is 0.233. The fourth-order valence-electron chi connectivity index (χ4n) is 5.06. The number of hydrogen-bond donors (Lipinski definition) is 0. The first-order valence-electron chi connectivity index (χ1n) is 14.3. The van der Waals surface area contributed by atoms with E-state index in [9.17, 15) is 0 Å². The molecule has 1 aliphatic heterocycles. The molecule has 3 aromatic rings. The molecule has 0 saturated carbocycles. The van der Waals surface area contributed by atoms with Gasteiger partial charge < -0.3 is 4.90 Å². The zero-order valence-corrected chi connectivity index (χ0v) is 27.4. The lowest BCUT2D eigenvalue weighted by Gasteiger charge is -2.34. The molecule has 2 unspecified atom stereocenters. The lowest BCUT2D eigenvalue weighted by Crippen LogP contribution is -2.26. The zero-order chi connectivity index (χ0) is 28.4. The van der Waals surface area contributed by atoms with Gasteiger partial charge in [0.25, 0.3) is 0 Å². The summed E-state index contributed by atoms with van der Waals surface area (Å²) >= 11 is 0. The minimum absolute atomic E-state index is 0.141. The van der Waals surface area contributed by atoms with Gasteiger partial charge in [-0.2, -0.15) is 0 Å². The highest BCUT2D eigenvalue weighted by molar-refractivity contribution is 6.84. The van der Waals surface area contributed by atoms with Crippen LogP contribution in [-0.2, 0) is 5.41 Å². The number of nitrogens with zero attached hydrogens (tertiary/aromatic N) is 1. The Morgan fingerprint density at radius 3 is 1.31 bits per heavy atom. The van der Waals surface area contributed by atoms with Gasteiger partial charge in [0.05, 0.1) is 12.1 Å². The zero-order valence-electron chi connectivity index (χ0n) is 25.4. The summed E-state index contributed by atoms with van der Waals surface area (Å²) in [5, 5.41) is 0. The SMILES string of the molecule is CC(C)(C)c1ccc(N2C(c3ccc(C#C[Si](C)(C)C)cc3)CCC2c2ccc(C#C[Si](C)(C)C)cc2)cc1. The summed E-state index contributed by atoms with van der Waals surface area (Å²) in [6, 6.07) is 28.0. The smallest absolute Gasteiger partial charge is 0.129 e. The molecule has 0 radical (unpaired) electrons. The van der Waals surface area contributed by atoms with E-state index in [-0.39, 0.29) is 5.41 Å². The molecule has 1 saturated heterocycles. The second-order valence-electron chi connectivity index (χ2n) is 14.1. The van der Waals surface area contributed by atoms with Crippen LogP contribution >= 0.6 is 0 Å². The van der Waals surface area contributed by atoms with Crippen molar-refractivity contribution in [2.24, 2.45) is 0 Å². The van der Waals surface area contributed by atoms with Crippen molar-refractivity contribution in [1.29, 1.82) is 0 Å². The molecule has 0 amide bonds. The first-order chi connectivity index (χ1) is 18.2. The van der Waals surface area contributed by atoms with Crippen molar-refractivity contribution in [3.05, 3.63) is 101 Å². The molecule has 39 heavy (non-hydrogen) atoms. The van der Waals surface area contributed by atoms with Crippen LogP contribution in [0.25, 0.3) is 0 Å². The Morgan fingerprint density at radius 1 is 0.590 bits per heavy atom. The minimum Gasteiger partial charge on any atom is -0.357 e. The van der Waals surface area contributed by atoms with Gasteiger partial charge in [-0.1, -0.05) is 108 Å². The average molecular weight is 548 g/mol. The van der Waals surface area contributed by atoms with Crippen LogP contribution < -0.4 is 4.90 Å². The largest absolute Gasteiger partial charge is 0.357 e. The second kappa shape index (κ2) is 11.2. The Morgan fingerprint density at radius 2 is 0.974 bits per heavy atom.